The van der Waals surface area contributed by atoms with Gasteiger partial charge in [0.05, 0.1) is 12.6 Å². The molecule has 2 atom stereocenters. The van der Waals surface area contributed by atoms with Gasteiger partial charge in [0.15, 0.2) is 6.10 Å². The van der Waals surface area contributed by atoms with Gasteiger partial charge >= 0.3 is 5.97 Å². The van der Waals surface area contributed by atoms with E-state index in [9.17, 15) is 9.59 Å². The van der Waals surface area contributed by atoms with Crippen molar-refractivity contribution in [2.45, 2.75) is 38.3 Å². The van der Waals surface area contributed by atoms with Crippen molar-refractivity contribution >= 4 is 11.9 Å². The predicted molar refractivity (Wildman–Crippen MR) is 58.9 cm³/mol. The lowest BCUT2D eigenvalue weighted by Gasteiger charge is -2.14. The number of unbranched alkanes of at least 4 members (excludes halogenated alkanes) is 1. The number of hydrogen-bond acceptors (Lipinski definition) is 4. The van der Waals surface area contributed by atoms with E-state index in [1.165, 1.54) is 7.11 Å². The number of carbonyl (C=O) groups excluding carboxylic acids is 1. The standard InChI is InChI=1S/C10H20N2O4/c1-3-4-5-7(11)9(13)12-6-8(16-2)10(14)15/h7-8H,3-6,11H2,1-2H3,(H,12,13)(H,14,15). The van der Waals surface area contributed by atoms with Crippen LogP contribution in [0.3, 0.4) is 0 Å². The summed E-state index contributed by atoms with van der Waals surface area (Å²) >= 11 is 0. The van der Waals surface area contributed by atoms with Crippen LogP contribution in [0.1, 0.15) is 26.2 Å². The topological polar surface area (TPSA) is 102 Å². The molecule has 1 amide bonds. The van der Waals surface area contributed by atoms with Gasteiger partial charge in [-0.05, 0) is 6.42 Å². The molecule has 94 valence electrons. The van der Waals surface area contributed by atoms with Crippen LogP contribution < -0.4 is 11.1 Å². The third-order valence-corrected chi connectivity index (χ3v) is 2.23. The zero-order valence-corrected chi connectivity index (χ0v) is 9.73. The summed E-state index contributed by atoms with van der Waals surface area (Å²) in [5.74, 6) is -1.44. The van der Waals surface area contributed by atoms with Crippen LogP contribution in [0.25, 0.3) is 0 Å². The van der Waals surface area contributed by atoms with E-state index in [-0.39, 0.29) is 12.5 Å². The summed E-state index contributed by atoms with van der Waals surface area (Å²) in [6, 6.07) is -0.578. The molecule has 4 N–H and O–H groups in total. The van der Waals surface area contributed by atoms with E-state index in [2.05, 4.69) is 10.1 Å². The van der Waals surface area contributed by atoms with E-state index in [0.29, 0.717) is 6.42 Å². The summed E-state index contributed by atoms with van der Waals surface area (Å²) in [6.45, 7) is 1.94. The first-order valence-corrected chi connectivity index (χ1v) is 5.31. The van der Waals surface area contributed by atoms with Crippen LogP contribution in [0.4, 0.5) is 0 Å². The second-order valence-electron chi connectivity index (χ2n) is 3.56. The molecular formula is C10H20N2O4. The average molecular weight is 232 g/mol. The molecule has 16 heavy (non-hydrogen) atoms. The molecule has 0 saturated heterocycles. The van der Waals surface area contributed by atoms with Crippen LogP contribution in [0.2, 0.25) is 0 Å². The van der Waals surface area contributed by atoms with Crippen molar-refractivity contribution in [3.63, 3.8) is 0 Å². The highest BCUT2D eigenvalue weighted by molar-refractivity contribution is 5.82. The minimum Gasteiger partial charge on any atom is -0.479 e. The highest BCUT2D eigenvalue weighted by Gasteiger charge is 2.19. The third kappa shape index (κ3) is 5.67. The fraction of sp³-hybridized carbons (Fsp3) is 0.800. The molecule has 6 nitrogen and oxygen atoms in total. The molecule has 0 fully saturated rings. The number of nitrogens with two attached hydrogens (primary N) is 1. The lowest BCUT2D eigenvalue weighted by Crippen LogP contribution is -2.45. The number of aliphatic carboxylic acids is 1. The Balaban J connectivity index is 3.91. The first kappa shape index (κ1) is 14.9. The molecule has 0 aromatic carbocycles. The highest BCUT2D eigenvalue weighted by atomic mass is 16.5. The zero-order chi connectivity index (χ0) is 12.6. The second-order valence-corrected chi connectivity index (χ2v) is 3.56. The van der Waals surface area contributed by atoms with Gasteiger partial charge in [-0.3, -0.25) is 4.79 Å². The van der Waals surface area contributed by atoms with Crippen molar-refractivity contribution in [3.05, 3.63) is 0 Å². The largest absolute Gasteiger partial charge is 0.479 e. The molecular weight excluding hydrogens is 212 g/mol. The molecule has 6 heteroatoms. The van der Waals surface area contributed by atoms with E-state index < -0.39 is 18.1 Å². The Bertz CT molecular complexity index is 233. The molecule has 0 rings (SSSR count). The van der Waals surface area contributed by atoms with E-state index in [0.717, 1.165) is 12.8 Å². The van der Waals surface area contributed by atoms with Gasteiger partial charge in [-0.1, -0.05) is 19.8 Å². The van der Waals surface area contributed by atoms with Crippen LogP contribution in [-0.4, -0.2) is 42.8 Å². The van der Waals surface area contributed by atoms with Crippen molar-refractivity contribution in [3.8, 4) is 0 Å². The predicted octanol–water partition coefficient (Wildman–Crippen LogP) is -0.280. The smallest absolute Gasteiger partial charge is 0.334 e. The quantitative estimate of drug-likeness (QED) is 0.534. The number of nitrogens with one attached hydrogen (secondary N) is 1. The average Bonchev–Trinajstić information content (AvgIpc) is 2.25. The van der Waals surface area contributed by atoms with Crippen molar-refractivity contribution in [1.82, 2.24) is 5.32 Å². The van der Waals surface area contributed by atoms with Crippen LogP contribution in [0.15, 0.2) is 0 Å². The van der Waals surface area contributed by atoms with Crippen LogP contribution >= 0.6 is 0 Å². The summed E-state index contributed by atoms with van der Waals surface area (Å²) in [4.78, 5) is 22.0. The first-order chi connectivity index (χ1) is 7.52. The molecule has 0 aromatic rings. The minimum atomic E-state index is -1.11. The van der Waals surface area contributed by atoms with Gasteiger partial charge in [-0.2, -0.15) is 0 Å². The Morgan fingerprint density at radius 2 is 2.12 bits per heavy atom. The van der Waals surface area contributed by atoms with Crippen molar-refractivity contribution in [1.29, 1.82) is 0 Å². The minimum absolute atomic E-state index is 0.0650. The van der Waals surface area contributed by atoms with Crippen LogP contribution in [0, 0.1) is 0 Å². The van der Waals surface area contributed by atoms with Gasteiger partial charge in [0.2, 0.25) is 5.91 Å². The van der Waals surface area contributed by atoms with Crippen molar-refractivity contribution in [2.75, 3.05) is 13.7 Å². The number of methoxy groups -OCH3 is 1. The Hall–Kier alpha value is -1.14. The van der Waals surface area contributed by atoms with Gasteiger partial charge in [0, 0.05) is 7.11 Å². The van der Waals surface area contributed by atoms with Gasteiger partial charge in [0.25, 0.3) is 0 Å². The number of hydrogen-bond donors (Lipinski definition) is 3. The maximum absolute atomic E-state index is 11.4. The molecule has 2 unspecified atom stereocenters. The number of rotatable bonds is 8. The number of carbonyl (C=O) groups is 2. The molecule has 0 radical (unpaired) electrons. The van der Waals surface area contributed by atoms with Crippen molar-refractivity contribution < 1.29 is 19.4 Å². The van der Waals surface area contributed by atoms with Crippen molar-refractivity contribution in [2.24, 2.45) is 5.73 Å². The maximum Gasteiger partial charge on any atom is 0.334 e. The van der Waals surface area contributed by atoms with E-state index in [1.807, 2.05) is 6.92 Å². The number of carboxylic acids is 1. The summed E-state index contributed by atoms with van der Waals surface area (Å²) in [5.41, 5.74) is 5.61. The SMILES string of the molecule is CCCCC(N)C(=O)NCC(OC)C(=O)O. The molecule has 0 heterocycles. The Morgan fingerprint density at radius 1 is 1.50 bits per heavy atom. The molecule has 0 aromatic heterocycles. The van der Waals surface area contributed by atoms with Crippen LogP contribution in [-0.2, 0) is 14.3 Å². The maximum atomic E-state index is 11.4. The fourth-order valence-electron chi connectivity index (χ4n) is 1.15. The van der Waals surface area contributed by atoms with E-state index >= 15 is 0 Å². The lowest BCUT2D eigenvalue weighted by atomic mass is 10.1. The van der Waals surface area contributed by atoms with Gasteiger partial charge in [0.1, 0.15) is 0 Å². The summed E-state index contributed by atoms with van der Waals surface area (Å²) in [6.07, 6.45) is 1.42. The fourth-order valence-corrected chi connectivity index (χ4v) is 1.15. The third-order valence-electron chi connectivity index (χ3n) is 2.23. The zero-order valence-electron chi connectivity index (χ0n) is 9.73. The monoisotopic (exact) mass is 232 g/mol. The molecule has 0 aliphatic carbocycles. The van der Waals surface area contributed by atoms with Gasteiger partial charge in [-0.25, -0.2) is 4.79 Å². The van der Waals surface area contributed by atoms with E-state index in [4.69, 9.17) is 10.8 Å². The lowest BCUT2D eigenvalue weighted by molar-refractivity contribution is -0.148. The normalized spacial score (nSPS) is 14.2. The number of ether oxygens (including phenoxy) is 1. The second kappa shape index (κ2) is 8.06. The Kier molecular flexibility index (Phi) is 7.49. The Labute approximate surface area is 95.1 Å². The molecule has 0 saturated carbocycles. The molecule has 0 aliphatic rings. The first-order valence-electron chi connectivity index (χ1n) is 5.31. The summed E-state index contributed by atoms with van der Waals surface area (Å²) < 4.78 is 4.67. The van der Waals surface area contributed by atoms with Gasteiger partial charge < -0.3 is 20.9 Å². The summed E-state index contributed by atoms with van der Waals surface area (Å²) in [7, 11) is 1.28. The number of amides is 1. The molecule has 0 bridgehead atoms. The van der Waals surface area contributed by atoms with Crippen LogP contribution in [0.5, 0.6) is 0 Å². The summed E-state index contributed by atoms with van der Waals surface area (Å²) in [5, 5.41) is 11.1. The molecule has 0 aliphatic heterocycles. The highest BCUT2D eigenvalue weighted by Crippen LogP contribution is 1.98. The number of carboxylic acid groups (broad SMARTS) is 1. The van der Waals surface area contributed by atoms with E-state index in [1.54, 1.807) is 0 Å². The van der Waals surface area contributed by atoms with Gasteiger partial charge in [-0.15, -0.1) is 0 Å². The molecule has 0 spiro atoms. The Morgan fingerprint density at radius 3 is 2.56 bits per heavy atom.